The highest BCUT2D eigenvalue weighted by molar-refractivity contribution is 7.91. The molecule has 3 atom stereocenters. The molecule has 2 aromatic carbocycles. The summed E-state index contributed by atoms with van der Waals surface area (Å²) in [6.45, 7) is 0.508. The van der Waals surface area contributed by atoms with Gasteiger partial charge >= 0.3 is 0 Å². The Hall–Kier alpha value is -2.78. The molecular formula is C26H32FN3O4S. The molecular weight excluding hydrogens is 469 g/mol. The van der Waals surface area contributed by atoms with E-state index in [9.17, 15) is 22.4 Å². The SMILES string of the molecule is CS(=O)(=O)CC(=O)N(CCC12CCC(CC(c3cccc(C(N)=O)c3)C1)N2)Cc1cccc(F)c1. The maximum Gasteiger partial charge on any atom is 0.248 e. The molecule has 2 aromatic rings. The number of piperidine rings is 1. The molecule has 2 saturated heterocycles. The first-order valence-corrected chi connectivity index (χ1v) is 14.0. The number of nitrogens with two attached hydrogens (primary N) is 1. The maximum atomic E-state index is 13.7. The van der Waals surface area contributed by atoms with Crippen LogP contribution >= 0.6 is 0 Å². The molecule has 2 aliphatic rings. The summed E-state index contributed by atoms with van der Waals surface area (Å²) in [6.07, 6.45) is 5.48. The van der Waals surface area contributed by atoms with Crippen LogP contribution in [0.1, 0.15) is 59.5 Å². The normalized spacial score (nSPS) is 23.7. The summed E-state index contributed by atoms with van der Waals surface area (Å²) in [6, 6.07) is 13.8. The highest BCUT2D eigenvalue weighted by atomic mass is 32.2. The molecule has 35 heavy (non-hydrogen) atoms. The monoisotopic (exact) mass is 501 g/mol. The molecule has 2 heterocycles. The van der Waals surface area contributed by atoms with E-state index in [1.165, 1.54) is 17.0 Å². The predicted molar refractivity (Wildman–Crippen MR) is 132 cm³/mol. The number of nitrogens with one attached hydrogen (secondary N) is 1. The molecule has 7 nitrogen and oxygen atoms in total. The van der Waals surface area contributed by atoms with E-state index < -0.39 is 33.2 Å². The number of rotatable bonds is 9. The molecule has 0 radical (unpaired) electrons. The van der Waals surface area contributed by atoms with Gasteiger partial charge in [0.1, 0.15) is 11.6 Å². The number of sulfone groups is 1. The Bertz CT molecular complexity index is 1220. The van der Waals surface area contributed by atoms with Crippen molar-refractivity contribution in [1.82, 2.24) is 10.2 Å². The predicted octanol–water partition coefficient (Wildman–Crippen LogP) is 2.76. The van der Waals surface area contributed by atoms with Crippen molar-refractivity contribution in [1.29, 1.82) is 0 Å². The van der Waals surface area contributed by atoms with Gasteiger partial charge in [-0.05, 0) is 73.4 Å². The van der Waals surface area contributed by atoms with Crippen molar-refractivity contribution in [3.63, 3.8) is 0 Å². The first-order valence-electron chi connectivity index (χ1n) is 11.9. The smallest absolute Gasteiger partial charge is 0.248 e. The van der Waals surface area contributed by atoms with E-state index in [0.29, 0.717) is 30.1 Å². The molecule has 188 valence electrons. The van der Waals surface area contributed by atoms with Crippen molar-refractivity contribution >= 4 is 21.7 Å². The summed E-state index contributed by atoms with van der Waals surface area (Å²) >= 11 is 0. The molecule has 3 N–H and O–H groups in total. The third kappa shape index (κ3) is 6.46. The van der Waals surface area contributed by atoms with Crippen molar-refractivity contribution in [2.75, 3.05) is 18.6 Å². The molecule has 0 aromatic heterocycles. The van der Waals surface area contributed by atoms with E-state index in [4.69, 9.17) is 5.73 Å². The maximum absolute atomic E-state index is 13.7. The Balaban J connectivity index is 1.51. The number of carbonyl (C=O) groups excluding carboxylic acids is 2. The lowest BCUT2D eigenvalue weighted by atomic mass is 9.77. The van der Waals surface area contributed by atoms with E-state index in [0.717, 1.165) is 37.5 Å². The van der Waals surface area contributed by atoms with E-state index >= 15 is 0 Å². The molecule has 2 aliphatic heterocycles. The standard InChI is InChI=1S/C26H32FN3O4S/c1-35(33,34)17-24(31)30(16-18-4-2-7-22(27)12-18)11-10-26-9-8-23(29-26)14-21(15-26)19-5-3-6-20(13-19)25(28)32/h2-7,12-13,21,23,29H,8-11,14-17H2,1H3,(H2,28,32). The fourth-order valence-corrected chi connectivity index (χ4v) is 6.21. The number of primary amides is 1. The Kier molecular flexibility index (Phi) is 7.28. The number of hydrogen-bond donors (Lipinski definition) is 2. The highest BCUT2D eigenvalue weighted by Gasteiger charge is 2.45. The number of fused-ring (bicyclic) bond motifs is 2. The van der Waals surface area contributed by atoms with Crippen molar-refractivity contribution in [2.24, 2.45) is 5.73 Å². The van der Waals surface area contributed by atoms with Crippen molar-refractivity contribution in [2.45, 2.75) is 56.1 Å². The van der Waals surface area contributed by atoms with Gasteiger partial charge in [0.05, 0.1) is 0 Å². The fourth-order valence-electron chi connectivity index (χ4n) is 5.58. The highest BCUT2D eigenvalue weighted by Crippen LogP contribution is 2.45. The van der Waals surface area contributed by atoms with Crippen LogP contribution in [0.5, 0.6) is 0 Å². The van der Waals surface area contributed by atoms with Crippen molar-refractivity contribution in [3.8, 4) is 0 Å². The van der Waals surface area contributed by atoms with Crippen LogP contribution < -0.4 is 11.1 Å². The molecule has 9 heteroatoms. The molecule has 2 fully saturated rings. The Morgan fingerprint density at radius 1 is 1.20 bits per heavy atom. The van der Waals surface area contributed by atoms with Gasteiger partial charge in [-0.25, -0.2) is 12.8 Å². The third-order valence-electron chi connectivity index (χ3n) is 7.19. The second kappa shape index (κ2) is 10.1. The Morgan fingerprint density at radius 2 is 1.97 bits per heavy atom. The van der Waals surface area contributed by atoms with E-state index in [2.05, 4.69) is 5.32 Å². The zero-order chi connectivity index (χ0) is 25.2. The van der Waals surface area contributed by atoms with Gasteiger partial charge in [-0.1, -0.05) is 24.3 Å². The van der Waals surface area contributed by atoms with Gasteiger partial charge in [0.25, 0.3) is 0 Å². The fraction of sp³-hybridized carbons (Fsp3) is 0.462. The molecule has 3 unspecified atom stereocenters. The quantitative estimate of drug-likeness (QED) is 0.549. The van der Waals surface area contributed by atoms with Crippen LogP contribution in [0.15, 0.2) is 48.5 Å². The largest absolute Gasteiger partial charge is 0.366 e. The van der Waals surface area contributed by atoms with Crippen LogP contribution in [0, 0.1) is 5.82 Å². The lowest BCUT2D eigenvalue weighted by molar-refractivity contribution is -0.129. The number of halogens is 1. The average molecular weight is 502 g/mol. The minimum absolute atomic E-state index is 0.149. The number of benzene rings is 2. The lowest BCUT2D eigenvalue weighted by Crippen LogP contribution is -2.51. The lowest BCUT2D eigenvalue weighted by Gasteiger charge is -2.41. The van der Waals surface area contributed by atoms with E-state index in [1.54, 1.807) is 18.2 Å². The summed E-state index contributed by atoms with van der Waals surface area (Å²) in [4.78, 5) is 26.1. The van der Waals surface area contributed by atoms with Crippen molar-refractivity contribution < 1.29 is 22.4 Å². The number of nitrogens with zero attached hydrogens (tertiary/aromatic N) is 1. The topological polar surface area (TPSA) is 110 Å². The first kappa shape index (κ1) is 25.3. The molecule has 0 spiro atoms. The van der Waals surface area contributed by atoms with Gasteiger partial charge in [0, 0.05) is 36.5 Å². The van der Waals surface area contributed by atoms with E-state index in [1.807, 2.05) is 18.2 Å². The Labute approximate surface area is 205 Å². The summed E-state index contributed by atoms with van der Waals surface area (Å²) in [5, 5.41) is 3.75. The van der Waals surface area contributed by atoms with Gasteiger partial charge in [0.15, 0.2) is 9.84 Å². The molecule has 2 amide bonds. The molecule has 0 aliphatic carbocycles. The third-order valence-corrected chi connectivity index (χ3v) is 7.96. The average Bonchev–Trinajstić information content (AvgIpc) is 3.09. The molecule has 0 saturated carbocycles. The van der Waals surface area contributed by atoms with Crippen LogP contribution in [0.2, 0.25) is 0 Å². The second-order valence-electron chi connectivity index (χ2n) is 10.1. The zero-order valence-electron chi connectivity index (χ0n) is 19.9. The van der Waals surface area contributed by atoms with Gasteiger partial charge < -0.3 is 16.0 Å². The molecule has 4 rings (SSSR count). The van der Waals surface area contributed by atoms with Crippen LogP contribution in [-0.4, -0.2) is 55.3 Å². The van der Waals surface area contributed by atoms with Crippen LogP contribution in [0.25, 0.3) is 0 Å². The zero-order valence-corrected chi connectivity index (χ0v) is 20.7. The van der Waals surface area contributed by atoms with Crippen LogP contribution in [-0.2, 0) is 21.2 Å². The van der Waals surface area contributed by atoms with Gasteiger partial charge in [-0.15, -0.1) is 0 Å². The summed E-state index contributed by atoms with van der Waals surface area (Å²) in [7, 11) is -3.50. The number of hydrogen-bond acceptors (Lipinski definition) is 5. The summed E-state index contributed by atoms with van der Waals surface area (Å²) in [5.74, 6) is -1.65. The molecule has 2 bridgehead atoms. The van der Waals surface area contributed by atoms with Gasteiger partial charge in [0.2, 0.25) is 11.8 Å². The Morgan fingerprint density at radius 3 is 2.69 bits per heavy atom. The summed E-state index contributed by atoms with van der Waals surface area (Å²) < 4.78 is 37.3. The minimum Gasteiger partial charge on any atom is -0.366 e. The van der Waals surface area contributed by atoms with Crippen LogP contribution in [0.3, 0.4) is 0 Å². The second-order valence-corrected chi connectivity index (χ2v) is 12.2. The first-order chi connectivity index (χ1) is 16.5. The number of amides is 2. The van der Waals surface area contributed by atoms with Crippen LogP contribution in [0.4, 0.5) is 4.39 Å². The van der Waals surface area contributed by atoms with E-state index in [-0.39, 0.29) is 18.0 Å². The summed E-state index contributed by atoms with van der Waals surface area (Å²) in [5.41, 5.74) is 7.48. The van der Waals surface area contributed by atoms with Gasteiger partial charge in [-0.3, -0.25) is 9.59 Å². The number of carbonyl (C=O) groups is 2. The minimum atomic E-state index is -3.50. The van der Waals surface area contributed by atoms with Gasteiger partial charge in [-0.2, -0.15) is 0 Å². The van der Waals surface area contributed by atoms with Crippen molar-refractivity contribution in [3.05, 3.63) is 71.0 Å².